The number of hydrogen-bond donors (Lipinski definition) is 2. The lowest BCUT2D eigenvalue weighted by Crippen LogP contribution is -2.56. The average molecular weight is 363 g/mol. The Hall–Kier alpha value is -2.56. The molecule has 4 fully saturated rings. The second kappa shape index (κ2) is 6.25. The second-order valence-corrected chi connectivity index (χ2v) is 8.74. The summed E-state index contributed by atoms with van der Waals surface area (Å²) < 4.78 is 1.98. The van der Waals surface area contributed by atoms with E-state index in [4.69, 9.17) is 0 Å². The number of carbonyl (C=O) groups is 2. The molecular weight excluding hydrogens is 338 g/mol. The van der Waals surface area contributed by atoms with Crippen molar-refractivity contribution in [2.45, 2.75) is 38.5 Å². The lowest BCUT2D eigenvalue weighted by molar-refractivity contribution is -0.147. The van der Waals surface area contributed by atoms with Gasteiger partial charge in [0.25, 0.3) is 5.91 Å². The van der Waals surface area contributed by atoms with Gasteiger partial charge >= 0.3 is 0 Å². The summed E-state index contributed by atoms with van der Waals surface area (Å²) >= 11 is 0. The van der Waals surface area contributed by atoms with Crippen molar-refractivity contribution in [1.29, 1.82) is 0 Å². The highest BCUT2D eigenvalue weighted by Crippen LogP contribution is 2.60. The van der Waals surface area contributed by atoms with E-state index >= 15 is 0 Å². The van der Waals surface area contributed by atoms with Gasteiger partial charge in [0, 0.05) is 23.6 Å². The largest absolute Gasteiger partial charge is 0.324 e. The van der Waals surface area contributed by atoms with E-state index in [1.165, 1.54) is 19.3 Å². The summed E-state index contributed by atoms with van der Waals surface area (Å²) in [4.78, 5) is 25.4. The molecule has 0 saturated heterocycles. The van der Waals surface area contributed by atoms with Gasteiger partial charge in [-0.05, 0) is 92.7 Å². The molecule has 1 heterocycles. The van der Waals surface area contributed by atoms with E-state index in [-0.39, 0.29) is 17.2 Å². The molecule has 0 unspecified atom stereocenters. The predicted octanol–water partition coefficient (Wildman–Crippen LogP) is 3.45. The number of carbonyl (C=O) groups excluding carboxylic acids is 2. The van der Waals surface area contributed by atoms with Gasteiger partial charge in [-0.2, -0.15) is 0 Å². The van der Waals surface area contributed by atoms with Gasteiger partial charge in [-0.15, -0.1) is 0 Å². The number of hydrazine groups is 1. The molecule has 27 heavy (non-hydrogen) atoms. The van der Waals surface area contributed by atoms with Gasteiger partial charge in [-0.25, -0.2) is 0 Å². The van der Waals surface area contributed by atoms with E-state index in [2.05, 4.69) is 10.9 Å². The van der Waals surface area contributed by atoms with Gasteiger partial charge in [0.15, 0.2) is 0 Å². The molecule has 140 valence electrons. The van der Waals surface area contributed by atoms with Crippen molar-refractivity contribution < 1.29 is 9.59 Å². The van der Waals surface area contributed by atoms with Crippen LogP contribution in [-0.2, 0) is 4.79 Å². The molecule has 5 heteroatoms. The fraction of sp³-hybridized carbons (Fsp3) is 0.455. The van der Waals surface area contributed by atoms with Crippen molar-refractivity contribution in [2.75, 3.05) is 0 Å². The van der Waals surface area contributed by atoms with Crippen LogP contribution in [0.5, 0.6) is 0 Å². The van der Waals surface area contributed by atoms with Crippen molar-refractivity contribution >= 4 is 11.8 Å². The molecule has 4 aliphatic rings. The Bertz CT molecular complexity index is 819. The van der Waals surface area contributed by atoms with E-state index in [0.717, 1.165) is 24.9 Å². The first-order valence-corrected chi connectivity index (χ1v) is 9.95. The summed E-state index contributed by atoms with van der Waals surface area (Å²) in [5.74, 6) is 1.86. The summed E-state index contributed by atoms with van der Waals surface area (Å²) in [6.45, 7) is 0. The molecule has 0 radical (unpaired) electrons. The first kappa shape index (κ1) is 16.6. The number of aromatic nitrogens is 1. The number of hydrogen-bond acceptors (Lipinski definition) is 2. The van der Waals surface area contributed by atoms with Crippen LogP contribution in [0.1, 0.15) is 48.9 Å². The van der Waals surface area contributed by atoms with Crippen LogP contribution in [0.25, 0.3) is 5.69 Å². The van der Waals surface area contributed by atoms with Crippen LogP contribution < -0.4 is 10.9 Å². The molecule has 1 aromatic carbocycles. The fourth-order valence-electron chi connectivity index (χ4n) is 6.00. The Morgan fingerprint density at radius 3 is 1.96 bits per heavy atom. The van der Waals surface area contributed by atoms with Crippen molar-refractivity contribution in [3.8, 4) is 5.69 Å². The van der Waals surface area contributed by atoms with Crippen LogP contribution in [0.15, 0.2) is 48.8 Å². The average Bonchev–Trinajstić information content (AvgIpc) is 3.19. The molecule has 4 aliphatic carbocycles. The Morgan fingerprint density at radius 1 is 0.852 bits per heavy atom. The first-order valence-electron chi connectivity index (χ1n) is 9.95. The van der Waals surface area contributed by atoms with E-state index in [9.17, 15) is 9.59 Å². The van der Waals surface area contributed by atoms with Crippen LogP contribution >= 0.6 is 0 Å². The van der Waals surface area contributed by atoms with Gasteiger partial charge < -0.3 is 4.57 Å². The summed E-state index contributed by atoms with van der Waals surface area (Å²) in [7, 11) is 0. The van der Waals surface area contributed by atoms with E-state index < -0.39 is 0 Å². The maximum absolute atomic E-state index is 12.9. The highest BCUT2D eigenvalue weighted by molar-refractivity contribution is 5.96. The molecule has 5 nitrogen and oxygen atoms in total. The minimum absolute atomic E-state index is 0.0129. The number of nitrogens with zero attached hydrogens (tertiary/aromatic N) is 1. The maximum atomic E-state index is 12.9. The minimum Gasteiger partial charge on any atom is -0.324 e. The Labute approximate surface area is 159 Å². The third-order valence-corrected chi connectivity index (χ3v) is 6.84. The lowest BCUT2D eigenvalue weighted by atomic mass is 9.49. The van der Waals surface area contributed by atoms with Gasteiger partial charge in [0.05, 0.1) is 5.41 Å². The fourth-order valence-corrected chi connectivity index (χ4v) is 6.00. The van der Waals surface area contributed by atoms with Gasteiger partial charge in [-0.1, -0.05) is 0 Å². The highest BCUT2D eigenvalue weighted by atomic mass is 16.2. The number of benzene rings is 1. The molecular formula is C22H25N3O2. The number of rotatable bonds is 3. The molecule has 2 N–H and O–H groups in total. The van der Waals surface area contributed by atoms with E-state index in [1.54, 1.807) is 12.1 Å². The number of amides is 2. The normalized spacial score (nSPS) is 30.9. The zero-order valence-corrected chi connectivity index (χ0v) is 15.4. The summed E-state index contributed by atoms with van der Waals surface area (Å²) in [5.41, 5.74) is 6.65. The van der Waals surface area contributed by atoms with Gasteiger partial charge in [-0.3, -0.25) is 20.4 Å². The monoisotopic (exact) mass is 363 g/mol. The van der Waals surface area contributed by atoms with Crippen molar-refractivity contribution in [3.05, 3.63) is 54.4 Å². The maximum Gasteiger partial charge on any atom is 0.269 e. The van der Waals surface area contributed by atoms with Gasteiger partial charge in [0.2, 0.25) is 5.91 Å². The van der Waals surface area contributed by atoms with Crippen molar-refractivity contribution in [3.63, 3.8) is 0 Å². The molecule has 4 saturated carbocycles. The second-order valence-electron chi connectivity index (χ2n) is 8.74. The van der Waals surface area contributed by atoms with Gasteiger partial charge in [0.1, 0.15) is 0 Å². The van der Waals surface area contributed by atoms with Crippen molar-refractivity contribution in [1.82, 2.24) is 15.4 Å². The third kappa shape index (κ3) is 2.95. The van der Waals surface area contributed by atoms with Crippen molar-refractivity contribution in [2.24, 2.45) is 23.2 Å². The molecule has 1 aromatic heterocycles. The minimum atomic E-state index is -0.271. The zero-order chi connectivity index (χ0) is 18.4. The molecule has 6 rings (SSSR count). The highest BCUT2D eigenvalue weighted by Gasteiger charge is 2.54. The lowest BCUT2D eigenvalue weighted by Gasteiger charge is -2.55. The predicted molar refractivity (Wildman–Crippen MR) is 102 cm³/mol. The van der Waals surface area contributed by atoms with Crippen LogP contribution in [0.4, 0.5) is 0 Å². The SMILES string of the molecule is O=C(NNC(=O)C12CC3CC(CC(C3)C1)C2)c1ccc(-n2cccc2)cc1. The third-order valence-electron chi connectivity index (χ3n) is 6.84. The van der Waals surface area contributed by atoms with Crippen LogP contribution in [-0.4, -0.2) is 16.4 Å². The smallest absolute Gasteiger partial charge is 0.269 e. The summed E-state index contributed by atoms with van der Waals surface area (Å²) in [5, 5.41) is 0. The Morgan fingerprint density at radius 2 is 1.41 bits per heavy atom. The summed E-state index contributed by atoms with van der Waals surface area (Å²) in [6, 6.07) is 11.3. The Balaban J connectivity index is 1.22. The summed E-state index contributed by atoms with van der Waals surface area (Å²) in [6.07, 6.45) is 10.8. The van der Waals surface area contributed by atoms with Crippen LogP contribution in [0.3, 0.4) is 0 Å². The number of nitrogens with one attached hydrogen (secondary N) is 2. The van der Waals surface area contributed by atoms with E-state index in [1.807, 2.05) is 41.2 Å². The standard InChI is InChI=1S/C22H25N3O2/c26-20(18-3-5-19(6-4-18)25-7-1-2-8-25)23-24-21(27)22-12-15-9-16(13-22)11-17(10-15)14-22/h1-8,15-17H,9-14H2,(H,23,26)(H,24,27). The molecule has 2 aromatic rings. The zero-order valence-electron chi connectivity index (χ0n) is 15.4. The topological polar surface area (TPSA) is 63.1 Å². The van der Waals surface area contributed by atoms with Crippen LogP contribution in [0.2, 0.25) is 0 Å². The molecule has 0 aliphatic heterocycles. The quantitative estimate of drug-likeness (QED) is 0.821. The molecule has 2 amide bonds. The van der Waals surface area contributed by atoms with Crippen LogP contribution in [0, 0.1) is 23.2 Å². The molecule has 4 bridgehead atoms. The molecule has 0 atom stereocenters. The Kier molecular flexibility index (Phi) is 3.85. The van der Waals surface area contributed by atoms with E-state index in [0.29, 0.717) is 23.3 Å². The molecule has 0 spiro atoms. The first-order chi connectivity index (χ1) is 13.1.